The molecule has 14 nitrogen and oxygen atoms in total. The number of benzene rings is 1. The number of esters is 2. The van der Waals surface area contributed by atoms with E-state index in [-0.39, 0.29) is 32.6 Å². The highest BCUT2D eigenvalue weighted by Crippen LogP contribution is 2.11. The van der Waals surface area contributed by atoms with Crippen LogP contribution in [-0.4, -0.2) is 84.8 Å². The van der Waals surface area contributed by atoms with Gasteiger partial charge < -0.3 is 40.6 Å². The zero-order chi connectivity index (χ0) is 30.1. The molecule has 1 rings (SSSR count). The third kappa shape index (κ3) is 14.7. The maximum absolute atomic E-state index is 12.7. The predicted octanol–water partition coefficient (Wildman–Crippen LogP) is -0.324. The molecule has 0 aliphatic heterocycles. The largest absolute Gasteiger partial charge is 0.465 e. The molecule has 0 radical (unpaired) electrons. The van der Waals surface area contributed by atoms with Crippen LogP contribution in [0.3, 0.4) is 0 Å². The van der Waals surface area contributed by atoms with Crippen molar-refractivity contribution in [2.45, 2.75) is 64.8 Å². The average molecular weight is 567 g/mol. The molecular weight excluding hydrogens is 528 g/mol. The standard InChI is InChI=1S/C26H38N4O10/c1-5-38-22(34)14-27-21(33)13-28-23(35)19(15-31)29-20(32)12-11-18(24(36)40-26(2,3)4)30-25(37)39-16-17-9-7-6-8-10-17/h6-10,18-19,31H,5,11-16H2,1-4H3,(H,27,33)(H,28,35)(H,29,32)(H,30,37)/t18-,19-/m0/s1. The Kier molecular flexibility index (Phi) is 14.7. The van der Waals surface area contributed by atoms with Crippen LogP contribution in [0.5, 0.6) is 0 Å². The van der Waals surface area contributed by atoms with Crippen molar-refractivity contribution in [1.29, 1.82) is 0 Å². The van der Waals surface area contributed by atoms with Gasteiger partial charge in [-0.3, -0.25) is 19.2 Å². The van der Waals surface area contributed by atoms with Gasteiger partial charge in [0, 0.05) is 6.42 Å². The number of aliphatic hydroxyl groups excluding tert-OH is 1. The Labute approximate surface area is 232 Å². The van der Waals surface area contributed by atoms with Gasteiger partial charge in [-0.2, -0.15) is 0 Å². The van der Waals surface area contributed by atoms with Crippen LogP contribution in [0.1, 0.15) is 46.1 Å². The Bertz CT molecular complexity index is 1010. The molecule has 0 aromatic heterocycles. The molecule has 0 saturated heterocycles. The smallest absolute Gasteiger partial charge is 0.408 e. The second-order valence-corrected chi connectivity index (χ2v) is 9.43. The number of aliphatic hydroxyl groups is 1. The van der Waals surface area contributed by atoms with E-state index in [1.807, 2.05) is 6.07 Å². The van der Waals surface area contributed by atoms with E-state index in [4.69, 9.17) is 9.47 Å². The van der Waals surface area contributed by atoms with Crippen molar-refractivity contribution in [1.82, 2.24) is 21.3 Å². The van der Waals surface area contributed by atoms with Crippen LogP contribution < -0.4 is 21.3 Å². The predicted molar refractivity (Wildman–Crippen MR) is 140 cm³/mol. The van der Waals surface area contributed by atoms with E-state index >= 15 is 0 Å². The number of nitrogens with one attached hydrogen (secondary N) is 4. The lowest BCUT2D eigenvalue weighted by Gasteiger charge is -2.24. The van der Waals surface area contributed by atoms with Gasteiger partial charge in [0.1, 0.15) is 30.8 Å². The van der Waals surface area contributed by atoms with E-state index in [2.05, 4.69) is 26.0 Å². The molecule has 5 N–H and O–H groups in total. The Morgan fingerprint density at radius 3 is 2.15 bits per heavy atom. The zero-order valence-corrected chi connectivity index (χ0v) is 23.1. The summed E-state index contributed by atoms with van der Waals surface area (Å²) in [5.41, 5.74) is -0.133. The van der Waals surface area contributed by atoms with Crippen molar-refractivity contribution in [2.24, 2.45) is 0 Å². The van der Waals surface area contributed by atoms with Crippen molar-refractivity contribution >= 4 is 35.8 Å². The molecule has 0 spiro atoms. The Morgan fingerprint density at radius 1 is 0.875 bits per heavy atom. The normalized spacial score (nSPS) is 12.2. The van der Waals surface area contributed by atoms with Crippen molar-refractivity contribution in [3.05, 3.63) is 35.9 Å². The summed E-state index contributed by atoms with van der Waals surface area (Å²) in [5, 5.41) is 18.7. The number of ether oxygens (including phenoxy) is 3. The molecular formula is C26H38N4O10. The average Bonchev–Trinajstić information content (AvgIpc) is 2.90. The van der Waals surface area contributed by atoms with Gasteiger partial charge >= 0.3 is 18.0 Å². The SMILES string of the molecule is CCOC(=O)CNC(=O)CNC(=O)[C@H](CO)NC(=O)CC[C@H](NC(=O)OCc1ccccc1)C(=O)OC(C)(C)C. The second-order valence-electron chi connectivity index (χ2n) is 9.43. The number of hydrogen-bond donors (Lipinski definition) is 5. The van der Waals surface area contributed by atoms with Gasteiger partial charge in [0.15, 0.2) is 0 Å². The van der Waals surface area contributed by atoms with Crippen LogP contribution in [0.25, 0.3) is 0 Å². The van der Waals surface area contributed by atoms with Crippen molar-refractivity contribution < 1.29 is 48.1 Å². The summed E-state index contributed by atoms with van der Waals surface area (Å²) in [6, 6.07) is 6.24. The Hall–Kier alpha value is -4.20. The van der Waals surface area contributed by atoms with Crippen LogP contribution in [0, 0.1) is 0 Å². The summed E-state index contributed by atoms with van der Waals surface area (Å²) >= 11 is 0. The molecule has 4 amide bonds. The lowest BCUT2D eigenvalue weighted by atomic mass is 10.1. The Balaban J connectivity index is 2.63. The van der Waals surface area contributed by atoms with Crippen LogP contribution in [-0.2, 0) is 44.8 Å². The van der Waals surface area contributed by atoms with Crippen LogP contribution in [0.15, 0.2) is 30.3 Å². The molecule has 0 saturated carbocycles. The maximum atomic E-state index is 12.7. The first-order valence-electron chi connectivity index (χ1n) is 12.6. The maximum Gasteiger partial charge on any atom is 0.408 e. The molecule has 1 aromatic carbocycles. The molecule has 2 atom stereocenters. The number of carbonyl (C=O) groups is 6. The fourth-order valence-electron chi connectivity index (χ4n) is 3.00. The van der Waals surface area contributed by atoms with E-state index in [0.29, 0.717) is 0 Å². The van der Waals surface area contributed by atoms with E-state index in [0.717, 1.165) is 5.56 Å². The fraction of sp³-hybridized carbons (Fsp3) is 0.538. The van der Waals surface area contributed by atoms with Gasteiger partial charge in [0.2, 0.25) is 17.7 Å². The number of amides is 4. The first-order valence-corrected chi connectivity index (χ1v) is 12.6. The summed E-state index contributed by atoms with van der Waals surface area (Å²) < 4.78 is 15.1. The van der Waals surface area contributed by atoms with Crippen molar-refractivity contribution in [3.8, 4) is 0 Å². The number of hydrogen-bond acceptors (Lipinski definition) is 10. The van der Waals surface area contributed by atoms with E-state index in [1.165, 1.54) is 0 Å². The molecule has 222 valence electrons. The summed E-state index contributed by atoms with van der Waals surface area (Å²) in [7, 11) is 0. The first kappa shape index (κ1) is 33.8. The quantitative estimate of drug-likeness (QED) is 0.138. The zero-order valence-electron chi connectivity index (χ0n) is 23.1. The minimum Gasteiger partial charge on any atom is -0.465 e. The van der Waals surface area contributed by atoms with Gasteiger partial charge in [-0.15, -0.1) is 0 Å². The first-order chi connectivity index (χ1) is 18.8. The molecule has 0 heterocycles. The van der Waals surface area contributed by atoms with Crippen LogP contribution in [0.2, 0.25) is 0 Å². The third-order valence-electron chi connectivity index (χ3n) is 4.85. The molecule has 0 fully saturated rings. The number of alkyl carbamates (subject to hydrolysis) is 1. The molecule has 0 unspecified atom stereocenters. The van der Waals surface area contributed by atoms with Gasteiger partial charge in [0.05, 0.1) is 19.8 Å². The van der Waals surface area contributed by atoms with Crippen LogP contribution in [0.4, 0.5) is 4.79 Å². The summed E-state index contributed by atoms with van der Waals surface area (Å²) in [6.45, 7) is 4.98. The summed E-state index contributed by atoms with van der Waals surface area (Å²) in [6.07, 6.45) is -1.42. The minimum absolute atomic E-state index is 0.0393. The van der Waals surface area contributed by atoms with Gasteiger partial charge in [-0.05, 0) is 39.7 Å². The molecule has 0 aliphatic carbocycles. The molecule has 1 aromatic rings. The molecule has 40 heavy (non-hydrogen) atoms. The highest BCUT2D eigenvalue weighted by Gasteiger charge is 2.29. The van der Waals surface area contributed by atoms with E-state index in [9.17, 15) is 33.9 Å². The van der Waals surface area contributed by atoms with Crippen molar-refractivity contribution in [2.75, 3.05) is 26.3 Å². The number of carbonyl (C=O) groups excluding carboxylic acids is 6. The lowest BCUT2D eigenvalue weighted by Crippen LogP contribution is -2.51. The second kappa shape index (κ2) is 17.4. The van der Waals surface area contributed by atoms with Gasteiger partial charge in [-0.1, -0.05) is 30.3 Å². The third-order valence-corrected chi connectivity index (χ3v) is 4.85. The molecule has 0 aliphatic rings. The van der Waals surface area contributed by atoms with Gasteiger partial charge in [-0.25, -0.2) is 9.59 Å². The number of rotatable bonds is 15. The monoisotopic (exact) mass is 566 g/mol. The lowest BCUT2D eigenvalue weighted by molar-refractivity contribution is -0.157. The summed E-state index contributed by atoms with van der Waals surface area (Å²) in [4.78, 5) is 72.8. The summed E-state index contributed by atoms with van der Waals surface area (Å²) in [5.74, 6) is -3.69. The molecule has 0 bridgehead atoms. The fourth-order valence-corrected chi connectivity index (χ4v) is 3.00. The van der Waals surface area contributed by atoms with Gasteiger partial charge in [0.25, 0.3) is 0 Å². The van der Waals surface area contributed by atoms with Crippen LogP contribution >= 0.6 is 0 Å². The Morgan fingerprint density at radius 2 is 1.55 bits per heavy atom. The van der Waals surface area contributed by atoms with E-state index < -0.39 is 66.6 Å². The van der Waals surface area contributed by atoms with E-state index in [1.54, 1.807) is 52.0 Å². The minimum atomic E-state index is -1.39. The van der Waals surface area contributed by atoms with Crippen molar-refractivity contribution in [3.63, 3.8) is 0 Å². The highest BCUT2D eigenvalue weighted by molar-refractivity contribution is 5.91. The topological polar surface area (TPSA) is 198 Å². The molecule has 14 heteroatoms. The highest BCUT2D eigenvalue weighted by atomic mass is 16.6.